The average Bonchev–Trinajstić information content (AvgIpc) is 2.82. The Balaban J connectivity index is 1.36. The molecule has 1 aromatic heterocycles. The first-order valence-corrected chi connectivity index (χ1v) is 11.5. The number of hydrogen-bond acceptors (Lipinski definition) is 5. The van der Waals surface area contributed by atoms with Gasteiger partial charge in [-0.15, -0.1) is 0 Å². The van der Waals surface area contributed by atoms with Crippen molar-refractivity contribution in [3.8, 4) is 5.75 Å². The van der Waals surface area contributed by atoms with E-state index in [-0.39, 0.29) is 24.7 Å². The minimum atomic E-state index is -0.204. The summed E-state index contributed by atoms with van der Waals surface area (Å²) >= 11 is 6.21. The predicted octanol–water partition coefficient (Wildman–Crippen LogP) is 4.86. The highest BCUT2D eigenvalue weighted by molar-refractivity contribution is 6.31. The third-order valence-electron chi connectivity index (χ3n) is 5.48. The molecule has 2 aromatic carbocycles. The minimum absolute atomic E-state index is 0.176. The number of amides is 1. The predicted molar refractivity (Wildman–Crippen MR) is 130 cm³/mol. The van der Waals surface area contributed by atoms with Gasteiger partial charge in [0.1, 0.15) is 18.2 Å². The summed E-state index contributed by atoms with van der Waals surface area (Å²) in [7, 11) is 0. The molecule has 4 rings (SSSR count). The maximum absolute atomic E-state index is 12.8. The second-order valence-electron chi connectivity index (χ2n) is 8.25. The molecule has 33 heavy (non-hydrogen) atoms. The summed E-state index contributed by atoms with van der Waals surface area (Å²) in [6.07, 6.45) is 2.16. The van der Waals surface area contributed by atoms with Gasteiger partial charge in [-0.2, -0.15) is 0 Å². The molecule has 1 aliphatic rings. The first kappa shape index (κ1) is 23.1. The largest absolute Gasteiger partial charge is 0.488 e. The quantitative estimate of drug-likeness (QED) is 0.540. The highest BCUT2D eigenvalue weighted by Gasteiger charge is 2.23. The molecule has 2 atom stereocenters. The summed E-state index contributed by atoms with van der Waals surface area (Å²) in [6.45, 7) is 6.44. The molecule has 172 valence electrons. The second-order valence-corrected chi connectivity index (χ2v) is 8.65. The molecule has 6 nitrogen and oxygen atoms in total. The van der Waals surface area contributed by atoms with Crippen LogP contribution in [0.5, 0.6) is 5.75 Å². The van der Waals surface area contributed by atoms with E-state index in [1.54, 1.807) is 18.3 Å². The number of ether oxygens (including phenoxy) is 2. The normalized spacial score (nSPS) is 18.1. The lowest BCUT2D eigenvalue weighted by Crippen LogP contribution is -2.45. The molecule has 0 spiro atoms. The van der Waals surface area contributed by atoms with Crippen LogP contribution in [0.4, 0.5) is 5.82 Å². The van der Waals surface area contributed by atoms with Gasteiger partial charge in [0.15, 0.2) is 0 Å². The van der Waals surface area contributed by atoms with Crippen molar-refractivity contribution in [3.63, 3.8) is 0 Å². The molecule has 1 aliphatic heterocycles. The van der Waals surface area contributed by atoms with Gasteiger partial charge in [-0.3, -0.25) is 4.79 Å². The second kappa shape index (κ2) is 10.7. The zero-order valence-corrected chi connectivity index (χ0v) is 19.6. The monoisotopic (exact) mass is 465 g/mol. The molecule has 0 bridgehead atoms. The number of morpholine rings is 1. The van der Waals surface area contributed by atoms with Crippen LogP contribution in [0, 0.1) is 0 Å². The summed E-state index contributed by atoms with van der Waals surface area (Å²) < 4.78 is 11.7. The molecule has 1 amide bonds. The first-order valence-electron chi connectivity index (χ1n) is 11.1. The molecule has 2 unspecified atom stereocenters. The Morgan fingerprint density at radius 1 is 1.09 bits per heavy atom. The number of benzene rings is 2. The standard InChI is InChI=1S/C26H28ClN3O3/c1-18-15-30(16-19(2)33-18)25-12-11-20(13-28-25)14-29-26(31)22-8-4-6-10-24(22)32-17-21-7-3-5-9-23(21)27/h3-13,18-19H,14-17H2,1-2H3,(H,29,31). The molecular weight excluding hydrogens is 438 g/mol. The van der Waals surface area contributed by atoms with E-state index in [1.807, 2.05) is 48.5 Å². The van der Waals surface area contributed by atoms with Gasteiger partial charge in [0.25, 0.3) is 5.91 Å². The summed E-state index contributed by atoms with van der Waals surface area (Å²) in [6, 6.07) is 18.7. The number of nitrogens with one attached hydrogen (secondary N) is 1. The van der Waals surface area contributed by atoms with Crippen molar-refractivity contribution in [2.24, 2.45) is 0 Å². The molecule has 0 saturated carbocycles. The number of carbonyl (C=O) groups excluding carboxylic acids is 1. The van der Waals surface area contributed by atoms with Crippen molar-refractivity contribution >= 4 is 23.3 Å². The molecule has 0 radical (unpaired) electrons. The molecular formula is C26H28ClN3O3. The van der Waals surface area contributed by atoms with Gasteiger partial charge in [-0.1, -0.05) is 48.0 Å². The van der Waals surface area contributed by atoms with Crippen LogP contribution in [0.25, 0.3) is 0 Å². The fourth-order valence-electron chi connectivity index (χ4n) is 3.90. The van der Waals surface area contributed by atoms with Gasteiger partial charge in [0.2, 0.25) is 0 Å². The highest BCUT2D eigenvalue weighted by Crippen LogP contribution is 2.22. The number of pyridine rings is 1. The topological polar surface area (TPSA) is 63.7 Å². The number of anilines is 1. The van der Waals surface area contributed by atoms with Crippen LogP contribution < -0.4 is 15.0 Å². The van der Waals surface area contributed by atoms with Crippen molar-refractivity contribution in [2.45, 2.75) is 39.2 Å². The van der Waals surface area contributed by atoms with Crippen LogP contribution in [-0.4, -0.2) is 36.2 Å². The number of carbonyl (C=O) groups is 1. The fraction of sp³-hybridized carbons (Fsp3) is 0.308. The van der Waals surface area contributed by atoms with E-state index in [2.05, 4.69) is 29.0 Å². The van der Waals surface area contributed by atoms with E-state index in [0.717, 1.165) is 30.0 Å². The van der Waals surface area contributed by atoms with Crippen molar-refractivity contribution in [2.75, 3.05) is 18.0 Å². The summed E-state index contributed by atoms with van der Waals surface area (Å²) in [5.74, 6) is 1.23. The average molecular weight is 466 g/mol. The van der Waals surface area contributed by atoms with E-state index in [0.29, 0.717) is 22.9 Å². The van der Waals surface area contributed by atoms with Crippen molar-refractivity contribution in [1.82, 2.24) is 10.3 Å². The van der Waals surface area contributed by atoms with Crippen LogP contribution in [0.3, 0.4) is 0 Å². The molecule has 1 N–H and O–H groups in total. The van der Waals surface area contributed by atoms with Crippen molar-refractivity contribution in [1.29, 1.82) is 0 Å². The van der Waals surface area contributed by atoms with E-state index in [4.69, 9.17) is 21.1 Å². The summed E-state index contributed by atoms with van der Waals surface area (Å²) in [5, 5.41) is 3.60. The van der Waals surface area contributed by atoms with E-state index < -0.39 is 0 Å². The van der Waals surface area contributed by atoms with Crippen LogP contribution >= 0.6 is 11.6 Å². The molecule has 1 saturated heterocycles. The van der Waals surface area contributed by atoms with Crippen LogP contribution in [0.2, 0.25) is 5.02 Å². The summed E-state index contributed by atoms with van der Waals surface area (Å²) in [4.78, 5) is 19.7. The Kier molecular flexibility index (Phi) is 7.47. The smallest absolute Gasteiger partial charge is 0.255 e. The molecule has 1 fully saturated rings. The van der Waals surface area contributed by atoms with Gasteiger partial charge in [0.05, 0.1) is 17.8 Å². The number of nitrogens with zero attached hydrogens (tertiary/aromatic N) is 2. The lowest BCUT2D eigenvalue weighted by Gasteiger charge is -2.36. The van der Waals surface area contributed by atoms with Gasteiger partial charge >= 0.3 is 0 Å². The van der Waals surface area contributed by atoms with Crippen LogP contribution in [0.15, 0.2) is 66.9 Å². The highest BCUT2D eigenvalue weighted by atomic mass is 35.5. The number of rotatable bonds is 7. The Labute approximate surface area is 199 Å². The molecule has 2 heterocycles. The van der Waals surface area contributed by atoms with E-state index in [1.165, 1.54) is 0 Å². The molecule has 7 heteroatoms. The third kappa shape index (κ3) is 6.03. The van der Waals surface area contributed by atoms with E-state index in [9.17, 15) is 4.79 Å². The van der Waals surface area contributed by atoms with Gasteiger partial charge in [-0.05, 0) is 43.7 Å². The van der Waals surface area contributed by atoms with Gasteiger partial charge < -0.3 is 19.7 Å². The van der Waals surface area contributed by atoms with Gasteiger partial charge in [0, 0.05) is 36.4 Å². The zero-order chi connectivity index (χ0) is 23.2. The third-order valence-corrected chi connectivity index (χ3v) is 5.85. The minimum Gasteiger partial charge on any atom is -0.488 e. The zero-order valence-electron chi connectivity index (χ0n) is 18.8. The van der Waals surface area contributed by atoms with Crippen LogP contribution in [0.1, 0.15) is 35.3 Å². The Morgan fingerprint density at radius 3 is 2.55 bits per heavy atom. The maximum Gasteiger partial charge on any atom is 0.255 e. The Bertz CT molecular complexity index is 1080. The van der Waals surface area contributed by atoms with Crippen LogP contribution in [-0.2, 0) is 17.9 Å². The van der Waals surface area contributed by atoms with Crippen molar-refractivity contribution in [3.05, 3.63) is 88.6 Å². The first-order chi connectivity index (χ1) is 16.0. The maximum atomic E-state index is 12.8. The molecule has 0 aliphatic carbocycles. The van der Waals surface area contributed by atoms with E-state index >= 15 is 0 Å². The molecule has 3 aromatic rings. The Morgan fingerprint density at radius 2 is 1.82 bits per heavy atom. The lowest BCUT2D eigenvalue weighted by atomic mass is 10.1. The SMILES string of the molecule is CC1CN(c2ccc(CNC(=O)c3ccccc3OCc3ccccc3Cl)cn2)CC(C)O1. The number of aromatic nitrogens is 1. The number of hydrogen-bond donors (Lipinski definition) is 1. The Hall–Kier alpha value is -3.09. The fourth-order valence-corrected chi connectivity index (χ4v) is 4.09. The number of halogens is 1. The summed E-state index contributed by atoms with van der Waals surface area (Å²) in [5.41, 5.74) is 2.27. The van der Waals surface area contributed by atoms with Gasteiger partial charge in [-0.25, -0.2) is 4.98 Å². The van der Waals surface area contributed by atoms with Crippen molar-refractivity contribution < 1.29 is 14.3 Å². The number of para-hydroxylation sites is 1. The lowest BCUT2D eigenvalue weighted by molar-refractivity contribution is -0.00546.